The number of halogens is 1. The Morgan fingerprint density at radius 2 is 2.33 bits per heavy atom. The molecule has 0 spiro atoms. The average Bonchev–Trinajstić information content (AvgIpc) is 2.03. The highest BCUT2D eigenvalue weighted by molar-refractivity contribution is 6.25. The number of amides is 1. The monoisotopic (exact) mass is 191 g/mol. The van der Waals surface area contributed by atoms with Crippen molar-refractivity contribution in [3.8, 4) is 0 Å². The van der Waals surface area contributed by atoms with Gasteiger partial charge in [0.2, 0.25) is 6.41 Å². The lowest BCUT2D eigenvalue weighted by molar-refractivity contribution is -0.140. The zero-order chi connectivity index (χ0) is 9.56. The van der Waals surface area contributed by atoms with Crippen molar-refractivity contribution >= 4 is 24.0 Å². The van der Waals surface area contributed by atoms with Crippen LogP contribution in [0.3, 0.4) is 0 Å². The molecule has 2 N–H and O–H groups in total. The zero-order valence-corrected chi connectivity index (χ0v) is 7.34. The summed E-state index contributed by atoms with van der Waals surface area (Å²) < 4.78 is 0. The van der Waals surface area contributed by atoms with Gasteiger partial charge in [0.05, 0.1) is 0 Å². The van der Waals surface area contributed by atoms with Gasteiger partial charge in [-0.05, 0) is 6.92 Å². The van der Waals surface area contributed by atoms with Gasteiger partial charge in [-0.25, -0.2) is 4.79 Å². The van der Waals surface area contributed by atoms with Crippen LogP contribution in [-0.2, 0) is 9.59 Å². The van der Waals surface area contributed by atoms with E-state index in [1.807, 2.05) is 0 Å². The van der Waals surface area contributed by atoms with Crippen LogP contribution >= 0.6 is 11.6 Å². The lowest BCUT2D eigenvalue weighted by Gasteiger charge is -2.09. The van der Waals surface area contributed by atoms with E-state index in [1.165, 1.54) is 5.54 Å². The smallest absolute Gasteiger partial charge is 0.326 e. The average molecular weight is 192 g/mol. The second kappa shape index (κ2) is 5.60. The largest absolute Gasteiger partial charge is 0.480 e. The van der Waals surface area contributed by atoms with Crippen molar-refractivity contribution in [3.63, 3.8) is 0 Å². The molecule has 0 radical (unpaired) electrons. The summed E-state index contributed by atoms with van der Waals surface area (Å²) in [5, 5.41) is 10.7. The maximum Gasteiger partial charge on any atom is 0.326 e. The van der Waals surface area contributed by atoms with Gasteiger partial charge in [0, 0.05) is 12.0 Å². The number of hydrogen-bond acceptors (Lipinski definition) is 2. The van der Waals surface area contributed by atoms with Gasteiger partial charge < -0.3 is 10.4 Å². The molecule has 0 aliphatic heterocycles. The summed E-state index contributed by atoms with van der Waals surface area (Å²) in [6.07, 6.45) is 0.581. The Hall–Kier alpha value is -1.03. The lowest BCUT2D eigenvalue weighted by atomic mass is 10.1. The molecule has 1 atom stereocenters. The van der Waals surface area contributed by atoms with Gasteiger partial charge in [-0.3, -0.25) is 4.79 Å². The predicted molar refractivity (Wildman–Crippen MR) is 44.9 cm³/mol. The van der Waals surface area contributed by atoms with Crippen LogP contribution < -0.4 is 5.32 Å². The van der Waals surface area contributed by atoms with Crippen molar-refractivity contribution < 1.29 is 14.7 Å². The van der Waals surface area contributed by atoms with Gasteiger partial charge in [-0.2, -0.15) is 0 Å². The SMILES string of the molecule is C/C(=C\Cl)CC(NC=O)C(=O)O. The third kappa shape index (κ3) is 3.98. The highest BCUT2D eigenvalue weighted by Crippen LogP contribution is 2.05. The molecule has 0 aromatic rings. The van der Waals surface area contributed by atoms with Crippen LogP contribution in [0.15, 0.2) is 11.1 Å². The molecule has 0 aromatic carbocycles. The second-order valence-corrected chi connectivity index (χ2v) is 2.55. The van der Waals surface area contributed by atoms with Crippen molar-refractivity contribution in [2.24, 2.45) is 0 Å². The molecule has 0 rings (SSSR count). The number of nitrogens with one attached hydrogen (secondary N) is 1. The summed E-state index contributed by atoms with van der Waals surface area (Å²) >= 11 is 5.33. The molecule has 0 fully saturated rings. The van der Waals surface area contributed by atoms with Crippen LogP contribution in [0.5, 0.6) is 0 Å². The third-order valence-electron chi connectivity index (χ3n) is 1.28. The molecule has 0 saturated heterocycles. The molecule has 0 saturated carbocycles. The lowest BCUT2D eigenvalue weighted by Crippen LogP contribution is -2.35. The molecular weight excluding hydrogens is 182 g/mol. The summed E-state index contributed by atoms with van der Waals surface area (Å²) in [6.45, 7) is 1.69. The van der Waals surface area contributed by atoms with E-state index in [1.54, 1.807) is 6.92 Å². The molecule has 12 heavy (non-hydrogen) atoms. The standard InChI is InChI=1S/C7H10ClNO3/c1-5(3-8)2-6(7(11)12)9-4-10/h3-4,6H,2H2,1H3,(H,9,10)(H,11,12)/b5-3+. The first-order valence-corrected chi connectivity index (χ1v) is 3.73. The minimum absolute atomic E-state index is 0.220. The van der Waals surface area contributed by atoms with Gasteiger partial charge >= 0.3 is 5.97 Å². The summed E-state index contributed by atoms with van der Waals surface area (Å²) in [5.74, 6) is -1.07. The molecule has 0 aliphatic rings. The fraction of sp³-hybridized carbons (Fsp3) is 0.429. The normalized spacial score (nSPS) is 13.7. The molecule has 1 amide bonds. The molecule has 1 unspecified atom stereocenters. The number of hydrogen-bond donors (Lipinski definition) is 2. The molecule has 68 valence electrons. The van der Waals surface area contributed by atoms with Crippen LogP contribution in [0.25, 0.3) is 0 Å². The number of carboxylic acid groups (broad SMARTS) is 1. The first kappa shape index (κ1) is 11.0. The number of carbonyl (C=O) groups is 2. The second-order valence-electron chi connectivity index (χ2n) is 2.33. The van der Waals surface area contributed by atoms with Crippen molar-refractivity contribution in [2.45, 2.75) is 19.4 Å². The molecule has 0 aliphatic carbocycles. The van der Waals surface area contributed by atoms with E-state index in [-0.39, 0.29) is 6.42 Å². The fourth-order valence-electron chi connectivity index (χ4n) is 0.666. The molecule has 0 heterocycles. The maximum atomic E-state index is 10.4. The minimum atomic E-state index is -1.07. The van der Waals surface area contributed by atoms with Crippen LogP contribution in [0, 0.1) is 0 Å². The summed E-state index contributed by atoms with van der Waals surface area (Å²) in [7, 11) is 0. The Morgan fingerprint density at radius 1 is 1.75 bits per heavy atom. The van der Waals surface area contributed by atoms with E-state index >= 15 is 0 Å². The van der Waals surface area contributed by atoms with Crippen LogP contribution in [0.1, 0.15) is 13.3 Å². The van der Waals surface area contributed by atoms with Crippen molar-refractivity contribution in [1.82, 2.24) is 5.32 Å². The Morgan fingerprint density at radius 3 is 2.67 bits per heavy atom. The summed E-state index contributed by atoms with van der Waals surface area (Å²) in [5.41, 5.74) is 2.00. The van der Waals surface area contributed by atoms with E-state index in [4.69, 9.17) is 16.7 Å². The Balaban J connectivity index is 4.13. The topological polar surface area (TPSA) is 66.4 Å². The Labute approximate surface area is 75.2 Å². The van der Waals surface area contributed by atoms with Crippen LogP contribution in [0.4, 0.5) is 0 Å². The van der Waals surface area contributed by atoms with E-state index in [0.29, 0.717) is 12.0 Å². The highest BCUT2D eigenvalue weighted by atomic mass is 35.5. The fourth-order valence-corrected chi connectivity index (χ4v) is 0.755. The molecular formula is C7H10ClNO3. The van der Waals surface area contributed by atoms with E-state index in [2.05, 4.69) is 5.32 Å². The van der Waals surface area contributed by atoms with Gasteiger partial charge in [-0.15, -0.1) is 0 Å². The number of carboxylic acids is 1. The zero-order valence-electron chi connectivity index (χ0n) is 6.58. The number of carbonyl (C=O) groups excluding carboxylic acids is 1. The highest BCUT2D eigenvalue weighted by Gasteiger charge is 2.15. The first-order valence-electron chi connectivity index (χ1n) is 3.30. The summed E-state index contributed by atoms with van der Waals surface area (Å²) in [4.78, 5) is 20.4. The number of rotatable bonds is 5. The van der Waals surface area contributed by atoms with E-state index in [9.17, 15) is 9.59 Å². The summed E-state index contributed by atoms with van der Waals surface area (Å²) in [6, 6.07) is -0.891. The van der Waals surface area contributed by atoms with Crippen LogP contribution in [0.2, 0.25) is 0 Å². The minimum Gasteiger partial charge on any atom is -0.480 e. The first-order chi connectivity index (χ1) is 5.61. The third-order valence-corrected chi connectivity index (χ3v) is 1.65. The van der Waals surface area contributed by atoms with Gasteiger partial charge in [0.1, 0.15) is 6.04 Å². The van der Waals surface area contributed by atoms with Crippen molar-refractivity contribution in [3.05, 3.63) is 11.1 Å². The van der Waals surface area contributed by atoms with Crippen molar-refractivity contribution in [1.29, 1.82) is 0 Å². The van der Waals surface area contributed by atoms with Crippen molar-refractivity contribution in [2.75, 3.05) is 0 Å². The quantitative estimate of drug-likeness (QED) is 0.630. The predicted octanol–water partition coefficient (Wildman–Crippen LogP) is 0.718. The van der Waals surface area contributed by atoms with Crippen LogP contribution in [-0.4, -0.2) is 23.5 Å². The Bertz CT molecular complexity index is 203. The Kier molecular flexibility index (Phi) is 5.12. The molecule has 0 aromatic heterocycles. The van der Waals surface area contributed by atoms with E-state index in [0.717, 1.165) is 0 Å². The van der Waals surface area contributed by atoms with Gasteiger partial charge in [0.25, 0.3) is 0 Å². The van der Waals surface area contributed by atoms with Gasteiger partial charge in [-0.1, -0.05) is 17.2 Å². The van der Waals surface area contributed by atoms with Gasteiger partial charge in [0.15, 0.2) is 0 Å². The van der Waals surface area contributed by atoms with E-state index < -0.39 is 12.0 Å². The molecule has 5 heteroatoms. The molecule has 0 bridgehead atoms. The maximum absolute atomic E-state index is 10.4. The molecule has 4 nitrogen and oxygen atoms in total. The number of aliphatic carboxylic acids is 1.